The number of hydrogen-bond acceptors (Lipinski definition) is 8. The van der Waals surface area contributed by atoms with Crippen molar-refractivity contribution in [2.24, 2.45) is 0 Å². The van der Waals surface area contributed by atoms with Crippen molar-refractivity contribution in [1.82, 2.24) is 14.7 Å². The van der Waals surface area contributed by atoms with E-state index in [0.29, 0.717) is 17.1 Å². The fourth-order valence-electron chi connectivity index (χ4n) is 3.31. The molecular formula is C21H26N3O5P. The lowest BCUT2D eigenvalue weighted by atomic mass is 10.0. The Morgan fingerprint density at radius 1 is 0.767 bits per heavy atom. The molecule has 30 heavy (non-hydrogen) atoms. The smallest absolute Gasteiger partial charge is 0.227 e. The van der Waals surface area contributed by atoms with Gasteiger partial charge in [0.15, 0.2) is 0 Å². The summed E-state index contributed by atoms with van der Waals surface area (Å²) in [6.07, 6.45) is 1.52. The minimum atomic E-state index is 0.00546. The lowest BCUT2D eigenvalue weighted by Gasteiger charge is -2.21. The molecule has 9 heteroatoms. The third-order valence-electron chi connectivity index (χ3n) is 5.24. The predicted molar refractivity (Wildman–Crippen MR) is 115 cm³/mol. The minimum Gasteiger partial charge on any atom is -0.496 e. The molecule has 1 aromatic rings. The quantitative estimate of drug-likeness (QED) is 0.364. The lowest BCUT2D eigenvalue weighted by Crippen LogP contribution is -2.29. The number of ether oxygens (including phenoxy) is 3. The highest BCUT2D eigenvalue weighted by Gasteiger charge is 2.43. The molecule has 3 heterocycles. The molecule has 0 amide bonds. The molecule has 5 rings (SSSR count). The summed E-state index contributed by atoms with van der Waals surface area (Å²) in [6, 6.07) is 3.62. The third kappa shape index (κ3) is 4.10. The molecule has 0 bridgehead atoms. The van der Waals surface area contributed by atoms with Crippen LogP contribution in [0.4, 0.5) is 0 Å². The van der Waals surface area contributed by atoms with Crippen LogP contribution in [0.3, 0.4) is 0 Å². The van der Waals surface area contributed by atoms with E-state index in [4.69, 9.17) is 14.2 Å². The number of rotatable bonds is 6. The minimum absolute atomic E-state index is 0.00546. The number of benzene rings is 1. The van der Waals surface area contributed by atoms with Crippen molar-refractivity contribution in [2.75, 3.05) is 60.6 Å². The fourth-order valence-corrected chi connectivity index (χ4v) is 3.71. The van der Waals surface area contributed by atoms with Crippen molar-refractivity contribution in [2.45, 2.75) is 0 Å². The van der Waals surface area contributed by atoms with Crippen LogP contribution < -0.4 is 19.5 Å². The van der Waals surface area contributed by atoms with Crippen molar-refractivity contribution in [3.05, 3.63) is 35.3 Å². The second-order valence-corrected chi connectivity index (χ2v) is 7.90. The Kier molecular flexibility index (Phi) is 5.60. The van der Waals surface area contributed by atoms with Gasteiger partial charge in [0.25, 0.3) is 0 Å². The first kappa shape index (κ1) is 20.5. The summed E-state index contributed by atoms with van der Waals surface area (Å²) in [5.41, 5.74) is 1.89. The maximum absolute atomic E-state index is 12.4. The van der Waals surface area contributed by atoms with E-state index in [1.165, 1.54) is 6.08 Å². The van der Waals surface area contributed by atoms with E-state index < -0.39 is 0 Å². The molecule has 3 saturated heterocycles. The Labute approximate surface area is 178 Å². The van der Waals surface area contributed by atoms with Gasteiger partial charge in [0.1, 0.15) is 28.6 Å². The average molecular weight is 431 g/mol. The van der Waals surface area contributed by atoms with E-state index in [-0.39, 0.29) is 11.6 Å². The van der Waals surface area contributed by atoms with Crippen LogP contribution in [0.25, 0.3) is 0 Å². The number of methoxy groups -OCH3 is 3. The topological polar surface area (TPSA) is 70.9 Å². The van der Waals surface area contributed by atoms with Gasteiger partial charge in [-0.2, -0.15) is 0 Å². The van der Waals surface area contributed by atoms with Gasteiger partial charge in [0, 0.05) is 57.5 Å². The van der Waals surface area contributed by atoms with Crippen molar-refractivity contribution < 1.29 is 23.8 Å². The van der Waals surface area contributed by atoms with Crippen LogP contribution in [0.5, 0.6) is 17.2 Å². The molecule has 1 unspecified atom stereocenters. The van der Waals surface area contributed by atoms with Crippen LogP contribution in [-0.4, -0.2) is 86.9 Å². The fraction of sp³-hybridized carbons (Fsp3) is 0.429. The first-order valence-corrected chi connectivity index (χ1v) is 10.4. The SMILES string of the molecule is COc1cc(OC)c(P)c(OC)c1.O=C1C=C(N2CC2)C(=O)C(N2CC2)=C1N1CC1. The molecule has 1 aromatic carbocycles. The van der Waals surface area contributed by atoms with E-state index in [9.17, 15) is 9.59 Å². The first-order chi connectivity index (χ1) is 14.5. The number of ketones is 2. The van der Waals surface area contributed by atoms with Gasteiger partial charge in [-0.3, -0.25) is 9.59 Å². The van der Waals surface area contributed by atoms with E-state index in [1.54, 1.807) is 21.3 Å². The highest BCUT2D eigenvalue weighted by atomic mass is 31.0. The summed E-state index contributed by atoms with van der Waals surface area (Å²) in [7, 11) is 7.41. The molecule has 1 aliphatic carbocycles. The number of hydrogen-bond donors (Lipinski definition) is 0. The van der Waals surface area contributed by atoms with Gasteiger partial charge in [-0.1, -0.05) is 9.24 Å². The largest absolute Gasteiger partial charge is 0.496 e. The van der Waals surface area contributed by atoms with E-state index in [0.717, 1.165) is 61.8 Å². The third-order valence-corrected chi connectivity index (χ3v) is 5.81. The van der Waals surface area contributed by atoms with Crippen LogP contribution in [-0.2, 0) is 9.59 Å². The van der Waals surface area contributed by atoms with Crippen molar-refractivity contribution in [1.29, 1.82) is 0 Å². The number of carbonyl (C=O) groups excluding carboxylic acids is 2. The Hall–Kier alpha value is -2.73. The monoisotopic (exact) mass is 431 g/mol. The van der Waals surface area contributed by atoms with Gasteiger partial charge in [-0.15, -0.1) is 0 Å². The lowest BCUT2D eigenvalue weighted by molar-refractivity contribution is -0.117. The van der Waals surface area contributed by atoms with Crippen molar-refractivity contribution in [3.8, 4) is 17.2 Å². The molecule has 0 N–H and O–H groups in total. The predicted octanol–water partition coefficient (Wildman–Crippen LogP) is 0.393. The van der Waals surface area contributed by atoms with Crippen LogP contribution in [0, 0.1) is 0 Å². The van der Waals surface area contributed by atoms with Gasteiger partial charge < -0.3 is 28.9 Å². The van der Waals surface area contributed by atoms with Gasteiger partial charge in [-0.25, -0.2) is 0 Å². The van der Waals surface area contributed by atoms with Crippen molar-refractivity contribution >= 4 is 26.1 Å². The summed E-state index contributed by atoms with van der Waals surface area (Å²) in [5.74, 6) is 2.25. The molecule has 3 fully saturated rings. The molecule has 8 nitrogen and oxygen atoms in total. The van der Waals surface area contributed by atoms with E-state index >= 15 is 0 Å². The maximum Gasteiger partial charge on any atom is 0.227 e. The summed E-state index contributed by atoms with van der Waals surface area (Å²) in [6.45, 7) is 5.41. The Bertz CT molecular complexity index is 921. The Balaban J connectivity index is 0.000000152. The first-order valence-electron chi connectivity index (χ1n) is 9.83. The van der Waals surface area contributed by atoms with Crippen LogP contribution in [0.2, 0.25) is 0 Å². The van der Waals surface area contributed by atoms with E-state index in [2.05, 4.69) is 9.24 Å². The summed E-state index contributed by atoms with van der Waals surface area (Å²) in [4.78, 5) is 30.5. The highest BCUT2D eigenvalue weighted by Crippen LogP contribution is 2.34. The Morgan fingerprint density at radius 3 is 1.70 bits per heavy atom. The molecule has 0 spiro atoms. The van der Waals surface area contributed by atoms with Gasteiger partial charge >= 0.3 is 0 Å². The molecular weight excluding hydrogens is 405 g/mol. The number of Topliss-reactive ketones (excluding diaryl/α,β-unsaturated/α-hetero) is 1. The van der Waals surface area contributed by atoms with Gasteiger partial charge in [-0.05, 0) is 0 Å². The zero-order valence-electron chi connectivity index (χ0n) is 17.4. The molecule has 0 saturated carbocycles. The van der Waals surface area contributed by atoms with Gasteiger partial charge in [0.05, 0.1) is 32.3 Å². The molecule has 160 valence electrons. The molecule has 1 atom stereocenters. The molecule has 3 aliphatic heterocycles. The average Bonchev–Trinajstić information content (AvgIpc) is 3.57. The second kappa shape index (κ2) is 8.19. The normalized spacial score (nSPS) is 19.2. The number of carbonyl (C=O) groups is 2. The number of nitrogens with zero attached hydrogens (tertiary/aromatic N) is 3. The zero-order valence-corrected chi connectivity index (χ0v) is 18.6. The summed E-state index contributed by atoms with van der Waals surface area (Å²) in [5, 5.41) is 0.894. The molecule has 0 aromatic heterocycles. The van der Waals surface area contributed by atoms with Crippen LogP contribution >= 0.6 is 9.24 Å². The zero-order chi connectivity index (χ0) is 21.4. The summed E-state index contributed by atoms with van der Waals surface area (Å²) >= 11 is 0. The summed E-state index contributed by atoms with van der Waals surface area (Å²) < 4.78 is 15.4. The molecule has 0 radical (unpaired) electrons. The van der Waals surface area contributed by atoms with E-state index in [1.807, 2.05) is 26.8 Å². The Morgan fingerprint density at radius 2 is 1.27 bits per heavy atom. The number of allylic oxidation sites excluding steroid dienone is 1. The van der Waals surface area contributed by atoms with Crippen LogP contribution in [0.1, 0.15) is 0 Å². The van der Waals surface area contributed by atoms with Crippen molar-refractivity contribution in [3.63, 3.8) is 0 Å². The highest BCUT2D eigenvalue weighted by molar-refractivity contribution is 7.28. The standard InChI is InChI=1S/C12H13N3O2.C9H13O3P/c16-9-7-8(13-1-2-13)12(17)11(15-5-6-15)10(9)14-3-4-14;1-10-6-4-7(11-2)9(13)8(5-6)12-3/h7H,1-6H2;4-5H,13H2,1-3H3. The van der Waals surface area contributed by atoms with Gasteiger partial charge in [0.2, 0.25) is 11.6 Å². The second-order valence-electron chi connectivity index (χ2n) is 7.33. The maximum atomic E-state index is 12.4. The van der Waals surface area contributed by atoms with Crippen LogP contribution in [0.15, 0.2) is 35.3 Å². The molecule has 4 aliphatic rings.